The second-order valence-corrected chi connectivity index (χ2v) is 9.43. The van der Waals surface area contributed by atoms with Gasteiger partial charge in [0.05, 0.1) is 10.7 Å². The molecule has 4 rings (SSSR count). The minimum atomic E-state index is -0.245. The van der Waals surface area contributed by atoms with Gasteiger partial charge in [-0.25, -0.2) is 4.98 Å². The van der Waals surface area contributed by atoms with E-state index in [2.05, 4.69) is 29.1 Å². The van der Waals surface area contributed by atoms with Crippen LogP contribution in [-0.2, 0) is 12.3 Å². The molecule has 0 amide bonds. The quantitative estimate of drug-likeness (QED) is 0.190. The predicted octanol–water partition coefficient (Wildman–Crippen LogP) is 6.98. The highest BCUT2D eigenvalue weighted by Gasteiger charge is 2.19. The summed E-state index contributed by atoms with van der Waals surface area (Å²) in [7, 11) is 0. The van der Waals surface area contributed by atoms with E-state index in [1.54, 1.807) is 23.1 Å². The van der Waals surface area contributed by atoms with Gasteiger partial charge in [-0.05, 0) is 32.0 Å². The molecule has 2 aromatic heterocycles. The zero-order valence-electron chi connectivity index (χ0n) is 17.9. The number of hydrogen-bond donors (Lipinski definition) is 0. The van der Waals surface area contributed by atoms with Gasteiger partial charge in [0.2, 0.25) is 0 Å². The minimum absolute atomic E-state index is 0.245. The fraction of sp³-hybridized carbons (Fsp3) is 0.208. The maximum atomic E-state index is 6.31. The van der Waals surface area contributed by atoms with Crippen LogP contribution in [0.2, 0.25) is 5.02 Å². The molecule has 8 heteroatoms. The molecule has 4 aromatic rings. The van der Waals surface area contributed by atoms with E-state index in [-0.39, 0.29) is 6.10 Å². The molecular weight excluding hydrogens is 460 g/mol. The van der Waals surface area contributed by atoms with Gasteiger partial charge in [-0.1, -0.05) is 65.3 Å². The number of nitrogens with zero attached hydrogens (tertiary/aromatic N) is 4. The molecule has 0 bridgehead atoms. The molecular formula is C24H23ClN4OS2. The van der Waals surface area contributed by atoms with Gasteiger partial charge in [0, 0.05) is 23.2 Å². The smallest absolute Gasteiger partial charge is 0.192 e. The van der Waals surface area contributed by atoms with Crippen molar-refractivity contribution in [3.8, 4) is 16.3 Å². The van der Waals surface area contributed by atoms with Crippen molar-refractivity contribution in [2.45, 2.75) is 37.4 Å². The Kier molecular flexibility index (Phi) is 7.29. The third kappa shape index (κ3) is 5.23. The van der Waals surface area contributed by atoms with Crippen LogP contribution in [0.15, 0.2) is 71.7 Å². The Morgan fingerprint density at radius 3 is 2.72 bits per heavy atom. The second kappa shape index (κ2) is 10.3. The van der Waals surface area contributed by atoms with Crippen molar-refractivity contribution >= 4 is 34.7 Å². The lowest BCUT2D eigenvalue weighted by atomic mass is 10.2. The third-order valence-corrected chi connectivity index (χ3v) is 7.01. The fourth-order valence-corrected chi connectivity index (χ4v) is 5.24. The Labute approximate surface area is 201 Å². The molecule has 0 fully saturated rings. The van der Waals surface area contributed by atoms with Crippen LogP contribution in [0.4, 0.5) is 0 Å². The van der Waals surface area contributed by atoms with Gasteiger partial charge in [-0.15, -0.1) is 28.1 Å². The standard InChI is InChI=1S/C24H23ClN4OS2/c1-4-13-29-22(17(3)30-19-11-9-16(2)10-12-19)27-28-24(29)32-15-18-14-31-23(26-18)20-7-5-6-8-21(20)25/h4-12,14,17H,1,13,15H2,2-3H3. The van der Waals surface area contributed by atoms with Crippen LogP contribution in [0.1, 0.15) is 30.1 Å². The highest BCUT2D eigenvalue weighted by atomic mass is 35.5. The van der Waals surface area contributed by atoms with Crippen molar-refractivity contribution in [2.75, 3.05) is 0 Å². The largest absolute Gasteiger partial charge is 0.483 e. The summed E-state index contributed by atoms with van der Waals surface area (Å²) in [5.41, 5.74) is 3.13. The number of allylic oxidation sites excluding steroid dienone is 1. The minimum Gasteiger partial charge on any atom is -0.483 e. The lowest BCUT2D eigenvalue weighted by Gasteiger charge is -2.15. The Balaban J connectivity index is 1.47. The van der Waals surface area contributed by atoms with Gasteiger partial charge >= 0.3 is 0 Å². The number of thioether (sulfide) groups is 1. The normalized spacial score (nSPS) is 12.0. The first-order chi connectivity index (χ1) is 15.5. The molecule has 1 unspecified atom stereocenters. The molecule has 0 saturated heterocycles. The molecule has 32 heavy (non-hydrogen) atoms. The van der Waals surface area contributed by atoms with Crippen molar-refractivity contribution < 1.29 is 4.74 Å². The molecule has 2 heterocycles. The average molecular weight is 483 g/mol. The lowest BCUT2D eigenvalue weighted by molar-refractivity contribution is 0.210. The molecule has 0 N–H and O–H groups in total. The fourth-order valence-electron chi connectivity index (χ4n) is 3.15. The van der Waals surface area contributed by atoms with Crippen LogP contribution in [0.5, 0.6) is 5.75 Å². The van der Waals surface area contributed by atoms with Crippen LogP contribution < -0.4 is 4.74 Å². The van der Waals surface area contributed by atoms with Crippen LogP contribution >= 0.6 is 34.7 Å². The number of halogens is 1. The highest BCUT2D eigenvalue weighted by Crippen LogP contribution is 2.32. The Morgan fingerprint density at radius 2 is 1.97 bits per heavy atom. The van der Waals surface area contributed by atoms with Gasteiger partial charge in [0.1, 0.15) is 10.8 Å². The third-order valence-electron chi connectivity index (χ3n) is 4.76. The van der Waals surface area contributed by atoms with Gasteiger partial charge in [0.25, 0.3) is 0 Å². The number of hydrogen-bond acceptors (Lipinski definition) is 6. The van der Waals surface area contributed by atoms with Crippen LogP contribution in [0.25, 0.3) is 10.6 Å². The number of thiazole rings is 1. The van der Waals surface area contributed by atoms with Crippen LogP contribution in [0, 0.1) is 6.92 Å². The molecule has 2 aromatic carbocycles. The van der Waals surface area contributed by atoms with E-state index in [0.717, 1.165) is 33.0 Å². The van der Waals surface area contributed by atoms with E-state index >= 15 is 0 Å². The summed E-state index contributed by atoms with van der Waals surface area (Å²) >= 11 is 9.50. The van der Waals surface area contributed by atoms with E-state index in [1.807, 2.05) is 66.1 Å². The highest BCUT2D eigenvalue weighted by molar-refractivity contribution is 7.98. The number of benzene rings is 2. The molecule has 1 atom stereocenters. The first-order valence-corrected chi connectivity index (χ1v) is 12.4. The van der Waals surface area contributed by atoms with E-state index < -0.39 is 0 Å². The molecule has 0 aliphatic heterocycles. The van der Waals surface area contributed by atoms with E-state index in [9.17, 15) is 0 Å². The summed E-state index contributed by atoms with van der Waals surface area (Å²) in [6.45, 7) is 8.52. The second-order valence-electron chi connectivity index (χ2n) is 7.23. The van der Waals surface area contributed by atoms with Crippen molar-refractivity contribution in [1.29, 1.82) is 0 Å². The van der Waals surface area contributed by atoms with Crippen molar-refractivity contribution in [1.82, 2.24) is 19.7 Å². The monoisotopic (exact) mass is 482 g/mol. The van der Waals surface area contributed by atoms with Gasteiger partial charge in [-0.2, -0.15) is 0 Å². The molecule has 0 aliphatic rings. The summed E-state index contributed by atoms with van der Waals surface area (Å²) in [6, 6.07) is 15.8. The molecule has 164 valence electrons. The maximum Gasteiger partial charge on any atom is 0.192 e. The van der Waals surface area contributed by atoms with Gasteiger partial charge in [0.15, 0.2) is 17.1 Å². The summed E-state index contributed by atoms with van der Waals surface area (Å²) in [4.78, 5) is 4.75. The molecule has 0 spiro atoms. The first-order valence-electron chi connectivity index (χ1n) is 10.1. The van der Waals surface area contributed by atoms with Crippen molar-refractivity contribution in [3.63, 3.8) is 0 Å². The number of aromatic nitrogens is 4. The number of rotatable bonds is 9. The van der Waals surface area contributed by atoms with E-state index in [4.69, 9.17) is 21.3 Å². The SMILES string of the molecule is C=CCn1c(SCc2csc(-c3ccccc3Cl)n2)nnc1C(C)Oc1ccc(C)cc1. The lowest BCUT2D eigenvalue weighted by Crippen LogP contribution is -2.12. The van der Waals surface area contributed by atoms with Crippen molar-refractivity contribution in [2.24, 2.45) is 0 Å². The molecule has 0 saturated carbocycles. The van der Waals surface area contributed by atoms with Crippen LogP contribution in [-0.4, -0.2) is 19.7 Å². The molecule has 0 radical (unpaired) electrons. The summed E-state index contributed by atoms with van der Waals surface area (Å²) < 4.78 is 8.13. The number of aryl methyl sites for hydroxylation is 1. The summed E-state index contributed by atoms with van der Waals surface area (Å²) in [5.74, 6) is 2.26. The Bertz CT molecular complexity index is 1200. The Morgan fingerprint density at radius 1 is 1.19 bits per heavy atom. The summed E-state index contributed by atoms with van der Waals surface area (Å²) in [5, 5.41) is 13.3. The van der Waals surface area contributed by atoms with Crippen LogP contribution in [0.3, 0.4) is 0 Å². The molecule has 0 aliphatic carbocycles. The van der Waals surface area contributed by atoms with Gasteiger partial charge in [-0.3, -0.25) is 4.57 Å². The zero-order chi connectivity index (χ0) is 22.5. The van der Waals surface area contributed by atoms with Gasteiger partial charge < -0.3 is 4.74 Å². The average Bonchev–Trinajstić information content (AvgIpc) is 3.42. The Hall–Kier alpha value is -2.61. The zero-order valence-corrected chi connectivity index (χ0v) is 20.3. The maximum absolute atomic E-state index is 6.31. The predicted molar refractivity (Wildman–Crippen MR) is 133 cm³/mol. The van der Waals surface area contributed by atoms with E-state index in [1.165, 1.54) is 5.56 Å². The topological polar surface area (TPSA) is 52.8 Å². The van der Waals surface area contributed by atoms with E-state index in [0.29, 0.717) is 17.3 Å². The number of ether oxygens (including phenoxy) is 1. The summed E-state index contributed by atoms with van der Waals surface area (Å²) in [6.07, 6.45) is 1.60. The first kappa shape index (κ1) is 22.6. The van der Waals surface area contributed by atoms with Crippen molar-refractivity contribution in [3.05, 3.63) is 88.7 Å². The molecule has 5 nitrogen and oxygen atoms in total.